The number of anilines is 1. The minimum Gasteiger partial charge on any atom is -0.481 e. The second-order valence-corrected chi connectivity index (χ2v) is 6.46. The molecular weight excluding hydrogens is 415 g/mol. The lowest BCUT2D eigenvalue weighted by molar-refractivity contribution is -0.135. The van der Waals surface area contributed by atoms with Crippen molar-refractivity contribution in [2.75, 3.05) is 25.5 Å². The largest absolute Gasteiger partial charge is 0.481 e. The molecule has 1 N–H and O–H groups in total. The van der Waals surface area contributed by atoms with Crippen molar-refractivity contribution in [2.45, 2.75) is 0 Å². The van der Waals surface area contributed by atoms with Crippen molar-refractivity contribution in [3.63, 3.8) is 0 Å². The highest BCUT2D eigenvalue weighted by molar-refractivity contribution is 9.10. The molecule has 0 atom stereocenters. The van der Waals surface area contributed by atoms with Gasteiger partial charge in [-0.25, -0.2) is 4.39 Å². The second kappa shape index (κ2) is 8.82. The third-order valence-corrected chi connectivity index (χ3v) is 4.02. The van der Waals surface area contributed by atoms with Gasteiger partial charge in [0.05, 0.1) is 17.3 Å². The first kappa shape index (κ1) is 19.2. The van der Waals surface area contributed by atoms with Gasteiger partial charge in [-0.2, -0.15) is 0 Å². The zero-order chi connectivity index (χ0) is 18.4. The summed E-state index contributed by atoms with van der Waals surface area (Å²) in [5, 5.41) is 3.02. The van der Waals surface area contributed by atoms with E-state index in [1.165, 1.54) is 24.1 Å². The van der Waals surface area contributed by atoms with Crippen LogP contribution in [0.3, 0.4) is 0 Å². The third-order valence-electron chi connectivity index (χ3n) is 3.20. The Hall–Kier alpha value is -2.12. The average Bonchev–Trinajstić information content (AvgIpc) is 2.55. The van der Waals surface area contributed by atoms with E-state index in [2.05, 4.69) is 21.2 Å². The molecule has 2 amide bonds. The van der Waals surface area contributed by atoms with Crippen molar-refractivity contribution < 1.29 is 18.7 Å². The van der Waals surface area contributed by atoms with Crippen molar-refractivity contribution in [1.82, 2.24) is 4.90 Å². The Morgan fingerprint density at radius 3 is 2.68 bits per heavy atom. The molecule has 0 aliphatic heterocycles. The smallest absolute Gasteiger partial charge is 0.260 e. The number of rotatable bonds is 6. The van der Waals surface area contributed by atoms with E-state index in [9.17, 15) is 14.0 Å². The van der Waals surface area contributed by atoms with Crippen LogP contribution in [0.2, 0.25) is 5.02 Å². The molecule has 0 aliphatic carbocycles. The van der Waals surface area contributed by atoms with E-state index < -0.39 is 17.6 Å². The van der Waals surface area contributed by atoms with Gasteiger partial charge in [-0.15, -0.1) is 0 Å². The van der Waals surface area contributed by atoms with E-state index in [1.807, 2.05) is 0 Å². The molecule has 2 rings (SSSR count). The number of nitrogens with zero attached hydrogens (tertiary/aromatic N) is 1. The summed E-state index contributed by atoms with van der Waals surface area (Å²) in [7, 11) is 1.45. The molecule has 5 nitrogen and oxygen atoms in total. The van der Waals surface area contributed by atoms with Crippen molar-refractivity contribution >= 4 is 45.0 Å². The zero-order valence-electron chi connectivity index (χ0n) is 13.3. The van der Waals surface area contributed by atoms with Crippen LogP contribution < -0.4 is 10.1 Å². The average molecular weight is 430 g/mol. The standard InChI is InChI=1S/C17H15BrClFN2O3/c1-22(9-16(23)21-14-5-3-2-4-12(14)19)17(24)10-25-15-7-6-11(18)8-13(15)20/h2-8H,9-10H2,1H3,(H,21,23). The molecular formula is C17H15BrClFN2O3. The Kier molecular flexibility index (Phi) is 6.78. The summed E-state index contributed by atoms with van der Waals surface area (Å²) in [4.78, 5) is 25.2. The van der Waals surface area contributed by atoms with Crippen LogP contribution in [0.4, 0.5) is 10.1 Å². The van der Waals surface area contributed by atoms with Gasteiger partial charge in [-0.05, 0) is 30.3 Å². The number of nitrogens with one attached hydrogen (secondary N) is 1. The molecule has 0 spiro atoms. The minimum absolute atomic E-state index is 0.0366. The van der Waals surface area contributed by atoms with E-state index in [0.29, 0.717) is 15.2 Å². The maximum absolute atomic E-state index is 13.6. The van der Waals surface area contributed by atoms with Gasteiger partial charge in [-0.3, -0.25) is 9.59 Å². The molecule has 8 heteroatoms. The van der Waals surface area contributed by atoms with Crippen molar-refractivity contribution in [2.24, 2.45) is 0 Å². The van der Waals surface area contributed by atoms with Crippen LogP contribution in [-0.2, 0) is 9.59 Å². The normalized spacial score (nSPS) is 10.2. The maximum Gasteiger partial charge on any atom is 0.260 e. The minimum atomic E-state index is -0.582. The number of likely N-dealkylation sites (N-methyl/N-ethyl adjacent to an activating group) is 1. The molecule has 2 aromatic carbocycles. The first-order valence-electron chi connectivity index (χ1n) is 7.23. The Morgan fingerprint density at radius 2 is 2.00 bits per heavy atom. The summed E-state index contributed by atoms with van der Waals surface area (Å²) in [5.74, 6) is -1.48. The predicted molar refractivity (Wildman–Crippen MR) is 97.3 cm³/mol. The van der Waals surface area contributed by atoms with Gasteiger partial charge in [0.1, 0.15) is 0 Å². The molecule has 0 bridgehead atoms. The number of carbonyl (C=O) groups is 2. The number of hydrogen-bond acceptors (Lipinski definition) is 3. The monoisotopic (exact) mass is 428 g/mol. The Labute approximate surface area is 157 Å². The quantitative estimate of drug-likeness (QED) is 0.761. The van der Waals surface area contributed by atoms with Gasteiger partial charge >= 0.3 is 0 Å². The summed E-state index contributed by atoms with van der Waals surface area (Å²) in [6, 6.07) is 11.0. The van der Waals surface area contributed by atoms with Gasteiger partial charge in [0.15, 0.2) is 18.2 Å². The van der Waals surface area contributed by atoms with Crippen LogP contribution in [0.5, 0.6) is 5.75 Å². The fourth-order valence-corrected chi connectivity index (χ4v) is 2.41. The van der Waals surface area contributed by atoms with Crippen molar-refractivity contribution in [1.29, 1.82) is 0 Å². The molecule has 0 heterocycles. The first-order valence-corrected chi connectivity index (χ1v) is 8.40. The summed E-state index contributed by atoms with van der Waals surface area (Å²) >= 11 is 9.09. The van der Waals surface area contributed by atoms with Gasteiger partial charge in [0, 0.05) is 11.5 Å². The number of para-hydroxylation sites is 1. The van der Waals surface area contributed by atoms with Gasteiger partial charge < -0.3 is 15.0 Å². The molecule has 2 aromatic rings. The molecule has 0 saturated heterocycles. The SMILES string of the molecule is CN(CC(=O)Nc1ccccc1Cl)C(=O)COc1ccc(Br)cc1F. The Morgan fingerprint density at radius 1 is 1.28 bits per heavy atom. The van der Waals surface area contributed by atoms with E-state index in [-0.39, 0.29) is 18.9 Å². The Bertz CT molecular complexity index is 788. The fraction of sp³-hybridized carbons (Fsp3) is 0.176. The van der Waals surface area contributed by atoms with Gasteiger partial charge in [0.2, 0.25) is 5.91 Å². The summed E-state index contributed by atoms with van der Waals surface area (Å²) in [5.41, 5.74) is 0.461. The number of amides is 2. The van der Waals surface area contributed by atoms with Crippen molar-refractivity contribution in [3.05, 3.63) is 57.8 Å². The zero-order valence-corrected chi connectivity index (χ0v) is 15.6. The summed E-state index contributed by atoms with van der Waals surface area (Å²) in [6.45, 7) is -0.565. The van der Waals surface area contributed by atoms with Crippen LogP contribution in [-0.4, -0.2) is 36.9 Å². The van der Waals surface area contributed by atoms with E-state index in [0.717, 1.165) is 0 Å². The van der Waals surface area contributed by atoms with E-state index in [1.54, 1.807) is 30.3 Å². The van der Waals surface area contributed by atoms with Crippen LogP contribution in [0, 0.1) is 5.82 Å². The molecule has 25 heavy (non-hydrogen) atoms. The van der Waals surface area contributed by atoms with Crippen LogP contribution in [0.1, 0.15) is 0 Å². The van der Waals surface area contributed by atoms with Crippen LogP contribution in [0.15, 0.2) is 46.9 Å². The molecule has 0 aromatic heterocycles. The van der Waals surface area contributed by atoms with Crippen LogP contribution in [0.25, 0.3) is 0 Å². The summed E-state index contributed by atoms with van der Waals surface area (Å²) in [6.07, 6.45) is 0. The molecule has 0 saturated carbocycles. The highest BCUT2D eigenvalue weighted by atomic mass is 79.9. The van der Waals surface area contributed by atoms with E-state index in [4.69, 9.17) is 16.3 Å². The molecule has 0 radical (unpaired) electrons. The molecule has 0 aliphatic rings. The van der Waals surface area contributed by atoms with Crippen molar-refractivity contribution in [3.8, 4) is 5.75 Å². The maximum atomic E-state index is 13.6. The first-order chi connectivity index (χ1) is 11.9. The molecule has 0 fully saturated rings. The lowest BCUT2D eigenvalue weighted by atomic mass is 10.3. The molecule has 132 valence electrons. The lowest BCUT2D eigenvalue weighted by Crippen LogP contribution is -2.37. The predicted octanol–water partition coefficient (Wildman–Crippen LogP) is 3.72. The topological polar surface area (TPSA) is 58.6 Å². The highest BCUT2D eigenvalue weighted by Crippen LogP contribution is 2.22. The highest BCUT2D eigenvalue weighted by Gasteiger charge is 2.15. The lowest BCUT2D eigenvalue weighted by Gasteiger charge is -2.17. The third kappa shape index (κ3) is 5.72. The fourth-order valence-electron chi connectivity index (χ4n) is 1.90. The molecule has 0 unspecified atom stereocenters. The number of halogens is 3. The van der Waals surface area contributed by atoms with Gasteiger partial charge in [-0.1, -0.05) is 39.7 Å². The summed E-state index contributed by atoms with van der Waals surface area (Å²) < 4.78 is 19.4. The van der Waals surface area contributed by atoms with Gasteiger partial charge in [0.25, 0.3) is 5.91 Å². The number of hydrogen-bond donors (Lipinski definition) is 1. The number of benzene rings is 2. The Balaban J connectivity index is 1.85. The number of carbonyl (C=O) groups excluding carboxylic acids is 2. The number of ether oxygens (including phenoxy) is 1. The van der Waals surface area contributed by atoms with E-state index >= 15 is 0 Å². The van der Waals surface area contributed by atoms with Crippen LogP contribution >= 0.6 is 27.5 Å². The second-order valence-electron chi connectivity index (χ2n) is 5.14.